The lowest BCUT2D eigenvalue weighted by molar-refractivity contribution is 0.199. The molecule has 1 rings (SSSR count). The van der Waals surface area contributed by atoms with Gasteiger partial charge >= 0.3 is 0 Å². The molecule has 0 atom stereocenters. The quantitative estimate of drug-likeness (QED) is 0.550. The molecule has 0 aromatic heterocycles. The largest absolute Gasteiger partial charge is 0.385 e. The number of hydrogen-bond acceptors (Lipinski definition) is 3. The number of methoxy groups -OCH3 is 1. The monoisotopic (exact) mass is 349 g/mol. The molecule has 1 aromatic carbocycles. The van der Waals surface area contributed by atoms with Gasteiger partial charge in [-0.25, -0.2) is 8.42 Å². The van der Waals surface area contributed by atoms with Crippen LogP contribution in [0.4, 0.5) is 5.69 Å². The Morgan fingerprint density at radius 2 is 2.11 bits per heavy atom. The van der Waals surface area contributed by atoms with E-state index >= 15 is 0 Å². The Kier molecular flexibility index (Phi) is 7.41. The summed E-state index contributed by atoms with van der Waals surface area (Å²) >= 11 is 3.39. The van der Waals surface area contributed by atoms with Crippen LogP contribution in [-0.4, -0.2) is 33.2 Å². The molecule has 0 aliphatic rings. The average molecular weight is 350 g/mol. The molecule has 0 aliphatic carbocycles. The summed E-state index contributed by atoms with van der Waals surface area (Å²) in [5.74, 6) is 0.0759. The molecule has 0 amide bonds. The van der Waals surface area contributed by atoms with Crippen molar-refractivity contribution < 1.29 is 13.2 Å². The number of sulfonamides is 1. The van der Waals surface area contributed by atoms with E-state index in [1.54, 1.807) is 13.2 Å². The van der Waals surface area contributed by atoms with Gasteiger partial charge in [-0.05, 0) is 37.0 Å². The number of alkyl halides is 1. The van der Waals surface area contributed by atoms with E-state index in [0.29, 0.717) is 18.7 Å². The van der Waals surface area contributed by atoms with E-state index in [2.05, 4.69) is 20.7 Å². The second kappa shape index (κ2) is 8.55. The van der Waals surface area contributed by atoms with Gasteiger partial charge in [0.15, 0.2) is 0 Å². The van der Waals surface area contributed by atoms with Gasteiger partial charge in [-0.3, -0.25) is 4.72 Å². The molecule has 0 saturated heterocycles. The van der Waals surface area contributed by atoms with Crippen molar-refractivity contribution in [2.45, 2.75) is 19.3 Å². The minimum atomic E-state index is -3.28. The second-order valence-corrected chi connectivity index (χ2v) is 6.90. The van der Waals surface area contributed by atoms with E-state index < -0.39 is 10.0 Å². The van der Waals surface area contributed by atoms with Crippen LogP contribution in [0, 0.1) is 0 Å². The highest BCUT2D eigenvalue weighted by Gasteiger charge is 2.10. The van der Waals surface area contributed by atoms with E-state index in [1.165, 1.54) is 0 Å². The predicted octanol–water partition coefficient (Wildman–Crippen LogP) is 2.79. The van der Waals surface area contributed by atoms with E-state index in [-0.39, 0.29) is 5.75 Å². The third-order valence-electron chi connectivity index (χ3n) is 2.56. The first-order valence-corrected chi connectivity index (χ1v) is 8.99. The standard InChI is InChI=1S/C13H20BrNO3S/c1-18-9-4-10-19(16,17)15-13-7-2-5-12(11-13)6-3-8-14/h2,5,7,11,15H,3-4,6,8-10H2,1H3. The number of rotatable bonds is 9. The summed E-state index contributed by atoms with van der Waals surface area (Å²) in [5.41, 5.74) is 1.76. The van der Waals surface area contributed by atoms with Crippen LogP contribution in [-0.2, 0) is 21.2 Å². The van der Waals surface area contributed by atoms with Crippen molar-refractivity contribution in [1.29, 1.82) is 0 Å². The van der Waals surface area contributed by atoms with Crippen molar-refractivity contribution in [3.63, 3.8) is 0 Å². The van der Waals surface area contributed by atoms with Crippen LogP contribution < -0.4 is 4.72 Å². The summed E-state index contributed by atoms with van der Waals surface area (Å²) in [5, 5.41) is 0.944. The summed E-state index contributed by atoms with van der Waals surface area (Å²) in [6.07, 6.45) is 2.46. The lowest BCUT2D eigenvalue weighted by Gasteiger charge is -2.09. The van der Waals surface area contributed by atoms with E-state index in [1.807, 2.05) is 18.2 Å². The van der Waals surface area contributed by atoms with Crippen molar-refractivity contribution >= 4 is 31.6 Å². The van der Waals surface area contributed by atoms with E-state index in [0.717, 1.165) is 23.7 Å². The molecular formula is C13H20BrNO3S. The van der Waals surface area contributed by atoms with E-state index in [4.69, 9.17) is 4.74 Å². The summed E-state index contributed by atoms with van der Waals surface area (Å²) in [6.45, 7) is 0.451. The topological polar surface area (TPSA) is 55.4 Å². The zero-order valence-electron chi connectivity index (χ0n) is 11.1. The molecule has 4 nitrogen and oxygen atoms in total. The zero-order valence-corrected chi connectivity index (χ0v) is 13.5. The van der Waals surface area contributed by atoms with Crippen molar-refractivity contribution in [3.8, 4) is 0 Å². The maximum atomic E-state index is 11.8. The summed E-state index contributed by atoms with van der Waals surface area (Å²) in [7, 11) is -1.72. The summed E-state index contributed by atoms with van der Waals surface area (Å²) < 4.78 is 31.1. The fraction of sp³-hybridized carbons (Fsp3) is 0.538. The number of halogens is 1. The third kappa shape index (κ3) is 6.94. The van der Waals surface area contributed by atoms with Gasteiger partial charge in [0.05, 0.1) is 5.75 Å². The highest BCUT2D eigenvalue weighted by molar-refractivity contribution is 9.09. The lowest BCUT2D eigenvalue weighted by atomic mass is 10.1. The molecule has 0 radical (unpaired) electrons. The molecule has 1 aromatic rings. The normalized spacial score (nSPS) is 11.5. The van der Waals surface area contributed by atoms with Crippen LogP contribution >= 0.6 is 15.9 Å². The first-order chi connectivity index (χ1) is 9.07. The molecule has 108 valence electrons. The molecule has 0 saturated carbocycles. The number of hydrogen-bond donors (Lipinski definition) is 1. The van der Waals surface area contributed by atoms with E-state index in [9.17, 15) is 8.42 Å². The van der Waals surface area contributed by atoms with Gasteiger partial charge in [0, 0.05) is 24.7 Å². The minimum Gasteiger partial charge on any atom is -0.385 e. The van der Waals surface area contributed by atoms with Gasteiger partial charge in [-0.1, -0.05) is 28.1 Å². The first kappa shape index (κ1) is 16.5. The number of benzene rings is 1. The van der Waals surface area contributed by atoms with Gasteiger partial charge in [-0.2, -0.15) is 0 Å². The molecule has 0 bridgehead atoms. The van der Waals surface area contributed by atoms with Crippen LogP contribution in [0.25, 0.3) is 0 Å². The van der Waals surface area contributed by atoms with Crippen LogP contribution in [0.1, 0.15) is 18.4 Å². The maximum Gasteiger partial charge on any atom is 0.232 e. The second-order valence-electron chi connectivity index (χ2n) is 4.26. The van der Waals surface area contributed by atoms with Crippen LogP contribution in [0.15, 0.2) is 24.3 Å². The van der Waals surface area contributed by atoms with Gasteiger partial charge < -0.3 is 4.74 Å². The summed E-state index contributed by atoms with van der Waals surface area (Å²) in [4.78, 5) is 0. The highest BCUT2D eigenvalue weighted by Crippen LogP contribution is 2.14. The minimum absolute atomic E-state index is 0.0759. The van der Waals surface area contributed by atoms with Crippen LogP contribution in [0.5, 0.6) is 0 Å². The van der Waals surface area contributed by atoms with Gasteiger partial charge in [0.1, 0.15) is 0 Å². The third-order valence-corrected chi connectivity index (χ3v) is 4.49. The summed E-state index contributed by atoms with van der Waals surface area (Å²) in [6, 6.07) is 7.53. The molecule has 1 N–H and O–H groups in total. The van der Waals surface area contributed by atoms with Crippen molar-refractivity contribution in [3.05, 3.63) is 29.8 Å². The number of anilines is 1. The molecule has 0 fully saturated rings. The predicted molar refractivity (Wildman–Crippen MR) is 82.5 cm³/mol. The van der Waals surface area contributed by atoms with Crippen LogP contribution in [0.2, 0.25) is 0 Å². The SMILES string of the molecule is COCCCS(=O)(=O)Nc1cccc(CCCBr)c1. The average Bonchev–Trinajstić information content (AvgIpc) is 2.36. The Labute approximate surface area is 123 Å². The molecule has 19 heavy (non-hydrogen) atoms. The molecule has 0 unspecified atom stereocenters. The first-order valence-electron chi connectivity index (χ1n) is 6.22. The fourth-order valence-electron chi connectivity index (χ4n) is 1.69. The molecular weight excluding hydrogens is 330 g/mol. The fourth-order valence-corrected chi connectivity index (χ4v) is 3.05. The Hall–Kier alpha value is -0.590. The lowest BCUT2D eigenvalue weighted by Crippen LogP contribution is -2.17. The van der Waals surface area contributed by atoms with Crippen LogP contribution in [0.3, 0.4) is 0 Å². The number of aryl methyl sites for hydroxylation is 1. The van der Waals surface area contributed by atoms with Crippen molar-refractivity contribution in [2.75, 3.05) is 29.5 Å². The Morgan fingerprint density at radius 3 is 2.79 bits per heavy atom. The molecule has 0 spiro atoms. The smallest absolute Gasteiger partial charge is 0.232 e. The Balaban J connectivity index is 2.60. The van der Waals surface area contributed by atoms with Crippen molar-refractivity contribution in [2.24, 2.45) is 0 Å². The molecule has 0 heterocycles. The Bertz CT molecular complexity index is 477. The number of ether oxygens (including phenoxy) is 1. The van der Waals surface area contributed by atoms with Gasteiger partial charge in [0.25, 0.3) is 0 Å². The van der Waals surface area contributed by atoms with Gasteiger partial charge in [0.2, 0.25) is 10.0 Å². The molecule has 0 aliphatic heterocycles. The number of nitrogens with one attached hydrogen (secondary N) is 1. The Morgan fingerprint density at radius 1 is 1.32 bits per heavy atom. The maximum absolute atomic E-state index is 11.8. The molecule has 6 heteroatoms. The zero-order chi connectivity index (χ0) is 14.1. The van der Waals surface area contributed by atoms with Crippen molar-refractivity contribution in [1.82, 2.24) is 0 Å². The van der Waals surface area contributed by atoms with Gasteiger partial charge in [-0.15, -0.1) is 0 Å². The highest BCUT2D eigenvalue weighted by atomic mass is 79.9.